The molecule has 2 aliphatic rings. The van der Waals surface area contributed by atoms with Crippen LogP contribution in [-0.4, -0.2) is 59.8 Å². The van der Waals surface area contributed by atoms with E-state index >= 15 is 0 Å². The molecule has 30 heavy (non-hydrogen) atoms. The van der Waals surface area contributed by atoms with Gasteiger partial charge in [-0.1, -0.05) is 60.7 Å². The molecule has 1 saturated heterocycles. The lowest BCUT2D eigenvalue weighted by atomic mass is 9.91. The normalized spacial score (nSPS) is 21.0. The molecule has 2 heterocycles. The number of rotatable bonds is 7. The highest BCUT2D eigenvalue weighted by Gasteiger charge is 2.25. The van der Waals surface area contributed by atoms with Gasteiger partial charge in [-0.15, -0.1) is 0 Å². The zero-order chi connectivity index (χ0) is 21.3. The highest BCUT2D eigenvalue weighted by molar-refractivity contribution is 5.74. The molecule has 1 aromatic carbocycles. The third-order valence-electron chi connectivity index (χ3n) is 6.01. The topological polar surface area (TPSA) is 55.8 Å². The number of allylic oxidation sites excluding steroid dienone is 4. The first kappa shape index (κ1) is 22.3. The summed E-state index contributed by atoms with van der Waals surface area (Å²) in [4.78, 5) is 16.7. The smallest absolute Gasteiger partial charge is 0.317 e. The van der Waals surface area contributed by atoms with Crippen LogP contribution in [-0.2, 0) is 13.0 Å². The first-order valence-corrected chi connectivity index (χ1v) is 11.0. The fourth-order valence-electron chi connectivity index (χ4n) is 4.28. The molecule has 0 unspecified atom stereocenters. The first-order valence-electron chi connectivity index (χ1n) is 11.0. The summed E-state index contributed by atoms with van der Waals surface area (Å²) in [5.74, 6) is 0.296. The van der Waals surface area contributed by atoms with Gasteiger partial charge in [0.1, 0.15) is 0 Å². The molecule has 0 bridgehead atoms. The average molecular weight is 410 g/mol. The van der Waals surface area contributed by atoms with Crippen LogP contribution in [0.4, 0.5) is 4.79 Å². The third kappa shape index (κ3) is 6.31. The van der Waals surface area contributed by atoms with E-state index in [9.17, 15) is 9.90 Å². The number of likely N-dealkylation sites (tertiary alicyclic amines) is 1. The van der Waals surface area contributed by atoms with Gasteiger partial charge in [0, 0.05) is 45.2 Å². The average Bonchev–Trinajstić information content (AvgIpc) is 2.77. The maximum absolute atomic E-state index is 12.6. The summed E-state index contributed by atoms with van der Waals surface area (Å²) in [7, 11) is 0. The number of urea groups is 1. The monoisotopic (exact) mass is 409 g/mol. The van der Waals surface area contributed by atoms with Crippen LogP contribution in [0.25, 0.3) is 0 Å². The number of nitrogens with one attached hydrogen (secondary N) is 1. The lowest BCUT2D eigenvalue weighted by Gasteiger charge is -2.34. The molecule has 2 atom stereocenters. The van der Waals surface area contributed by atoms with E-state index in [0.717, 1.165) is 44.5 Å². The van der Waals surface area contributed by atoms with Crippen molar-refractivity contribution in [2.24, 2.45) is 5.92 Å². The quantitative estimate of drug-likeness (QED) is 0.678. The number of benzene rings is 1. The molecule has 0 saturated carbocycles. The number of hydrogen-bond donors (Lipinski definition) is 2. The van der Waals surface area contributed by atoms with Crippen LogP contribution in [0.3, 0.4) is 0 Å². The van der Waals surface area contributed by atoms with Gasteiger partial charge >= 0.3 is 6.03 Å². The Balaban J connectivity index is 1.42. The van der Waals surface area contributed by atoms with Gasteiger partial charge in [-0.25, -0.2) is 4.79 Å². The number of aliphatic hydroxyl groups excluding tert-OH is 1. The van der Waals surface area contributed by atoms with Gasteiger partial charge in [0.25, 0.3) is 0 Å². The van der Waals surface area contributed by atoms with E-state index in [1.54, 1.807) is 0 Å². The van der Waals surface area contributed by atoms with E-state index in [0.29, 0.717) is 19.0 Å². The zero-order valence-corrected chi connectivity index (χ0v) is 18.1. The predicted molar refractivity (Wildman–Crippen MR) is 122 cm³/mol. The minimum absolute atomic E-state index is 0.0898. The Hall–Kier alpha value is -2.37. The molecule has 0 radical (unpaired) electrons. The maximum atomic E-state index is 12.6. The van der Waals surface area contributed by atoms with Crippen LogP contribution in [0.1, 0.15) is 30.9 Å². The minimum Gasteiger partial charge on any atom is -0.390 e. The van der Waals surface area contributed by atoms with E-state index < -0.39 is 6.10 Å². The second-order valence-electron chi connectivity index (χ2n) is 8.34. The number of carbonyl (C=O) groups excluding carboxylic acids is 1. The summed E-state index contributed by atoms with van der Waals surface area (Å²) < 4.78 is 0. The highest BCUT2D eigenvalue weighted by Crippen LogP contribution is 2.23. The second kappa shape index (κ2) is 11.1. The lowest BCUT2D eigenvalue weighted by Crippen LogP contribution is -2.49. The SMILES string of the molecule is C=C(/C=C\C=C/C)[C@@H]1CCCN(C(=O)NC[C@H](O)CN2CCc3ccccc3C2)C1. The number of hydrogen-bond acceptors (Lipinski definition) is 3. The summed E-state index contributed by atoms with van der Waals surface area (Å²) in [5, 5.41) is 13.4. The Labute approximate surface area is 180 Å². The maximum Gasteiger partial charge on any atom is 0.317 e. The predicted octanol–water partition coefficient (Wildman–Crippen LogP) is 3.52. The van der Waals surface area contributed by atoms with E-state index in [4.69, 9.17) is 0 Å². The van der Waals surface area contributed by atoms with Gasteiger partial charge in [-0.2, -0.15) is 0 Å². The summed E-state index contributed by atoms with van der Waals surface area (Å²) in [6, 6.07) is 8.39. The van der Waals surface area contributed by atoms with Crippen molar-refractivity contribution in [2.75, 3.05) is 32.7 Å². The van der Waals surface area contributed by atoms with Crippen LogP contribution in [0, 0.1) is 5.92 Å². The van der Waals surface area contributed by atoms with E-state index in [1.165, 1.54) is 11.1 Å². The molecule has 162 valence electrons. The third-order valence-corrected chi connectivity index (χ3v) is 6.01. The van der Waals surface area contributed by atoms with E-state index in [-0.39, 0.29) is 12.6 Å². The number of carbonyl (C=O) groups is 1. The minimum atomic E-state index is -0.571. The molecule has 2 amide bonds. The number of amides is 2. The molecule has 1 fully saturated rings. The summed E-state index contributed by atoms with van der Waals surface area (Å²) in [6.07, 6.45) is 10.5. The number of fused-ring (bicyclic) bond motifs is 1. The van der Waals surface area contributed by atoms with Crippen LogP contribution in [0.5, 0.6) is 0 Å². The number of aliphatic hydroxyl groups is 1. The molecule has 3 rings (SSSR count). The fourth-order valence-corrected chi connectivity index (χ4v) is 4.28. The van der Waals surface area contributed by atoms with Crippen molar-refractivity contribution in [1.82, 2.24) is 15.1 Å². The molecule has 0 aliphatic carbocycles. The van der Waals surface area contributed by atoms with Crippen LogP contribution in [0.15, 0.2) is 60.7 Å². The molecular weight excluding hydrogens is 374 g/mol. The van der Waals surface area contributed by atoms with Crippen molar-refractivity contribution in [1.29, 1.82) is 0 Å². The molecule has 0 spiro atoms. The van der Waals surface area contributed by atoms with Crippen molar-refractivity contribution in [3.8, 4) is 0 Å². The molecular formula is C25H35N3O2. The Morgan fingerprint density at radius 3 is 2.90 bits per heavy atom. The van der Waals surface area contributed by atoms with E-state index in [2.05, 4.69) is 41.1 Å². The number of nitrogens with zero attached hydrogens (tertiary/aromatic N) is 2. The second-order valence-corrected chi connectivity index (χ2v) is 8.34. The van der Waals surface area contributed by atoms with Crippen LogP contribution in [0.2, 0.25) is 0 Å². The summed E-state index contributed by atoms with van der Waals surface area (Å²) in [5.41, 5.74) is 3.80. The summed E-state index contributed by atoms with van der Waals surface area (Å²) >= 11 is 0. The van der Waals surface area contributed by atoms with Gasteiger partial charge in [-0.05, 0) is 37.3 Å². The zero-order valence-electron chi connectivity index (χ0n) is 18.1. The van der Waals surface area contributed by atoms with Crippen molar-refractivity contribution < 1.29 is 9.90 Å². The van der Waals surface area contributed by atoms with Crippen molar-refractivity contribution in [3.63, 3.8) is 0 Å². The molecule has 2 N–H and O–H groups in total. The van der Waals surface area contributed by atoms with Crippen LogP contribution >= 0.6 is 0 Å². The number of piperidine rings is 1. The molecule has 5 nitrogen and oxygen atoms in total. The molecule has 0 aromatic heterocycles. The Bertz CT molecular complexity index is 786. The van der Waals surface area contributed by atoms with Crippen LogP contribution < -0.4 is 5.32 Å². The highest BCUT2D eigenvalue weighted by atomic mass is 16.3. The molecule has 2 aliphatic heterocycles. The van der Waals surface area contributed by atoms with Crippen molar-refractivity contribution >= 4 is 6.03 Å². The van der Waals surface area contributed by atoms with Crippen molar-refractivity contribution in [2.45, 2.75) is 38.8 Å². The molecule has 1 aromatic rings. The largest absolute Gasteiger partial charge is 0.390 e. The van der Waals surface area contributed by atoms with Gasteiger partial charge in [0.2, 0.25) is 0 Å². The standard InChI is InChI=1S/C25H35N3O2/c1-3-4-5-9-20(2)22-12-8-14-28(18-22)25(30)26-16-24(29)19-27-15-13-21-10-6-7-11-23(21)17-27/h3-7,9-11,22,24,29H,2,8,12-19H2,1H3,(H,26,30)/b4-3-,9-5-/t22-,24+/m1/s1. The van der Waals surface area contributed by atoms with Gasteiger partial charge < -0.3 is 15.3 Å². The van der Waals surface area contributed by atoms with Gasteiger partial charge in [0.05, 0.1) is 6.10 Å². The fraction of sp³-hybridized carbons (Fsp3) is 0.480. The molecule has 5 heteroatoms. The number of β-amino-alcohol motifs (C(OH)–C–C–N with tert-alkyl or cyclic N) is 1. The van der Waals surface area contributed by atoms with Gasteiger partial charge in [0.15, 0.2) is 0 Å². The Morgan fingerprint density at radius 2 is 2.10 bits per heavy atom. The Kier molecular flexibility index (Phi) is 8.29. The van der Waals surface area contributed by atoms with E-state index in [1.807, 2.05) is 36.1 Å². The summed E-state index contributed by atoms with van der Waals surface area (Å²) in [6.45, 7) is 10.3. The van der Waals surface area contributed by atoms with Gasteiger partial charge in [-0.3, -0.25) is 4.90 Å². The first-order chi connectivity index (χ1) is 14.6. The Morgan fingerprint density at radius 1 is 1.30 bits per heavy atom. The lowest BCUT2D eigenvalue weighted by molar-refractivity contribution is 0.102. The van der Waals surface area contributed by atoms with Crippen molar-refractivity contribution in [3.05, 3.63) is 71.8 Å².